The quantitative estimate of drug-likeness (QED) is 0.766. The summed E-state index contributed by atoms with van der Waals surface area (Å²) in [5.41, 5.74) is 5.28. The van der Waals surface area contributed by atoms with Crippen molar-refractivity contribution in [3.05, 3.63) is 71.8 Å². The van der Waals surface area contributed by atoms with Gasteiger partial charge in [0, 0.05) is 5.92 Å². The van der Waals surface area contributed by atoms with E-state index in [0.717, 1.165) is 19.3 Å². The van der Waals surface area contributed by atoms with Crippen LogP contribution in [0, 0.1) is 5.92 Å². The van der Waals surface area contributed by atoms with Gasteiger partial charge in [0.05, 0.1) is 0 Å². The van der Waals surface area contributed by atoms with Crippen molar-refractivity contribution < 1.29 is 4.79 Å². The molecule has 0 amide bonds. The molecule has 3 rings (SSSR count). The highest BCUT2D eigenvalue weighted by Crippen LogP contribution is 2.41. The molecule has 2 heteroatoms. The Bertz CT molecular complexity index is 673. The number of carbonyl (C=O) groups is 1. The number of hydrogen-bond acceptors (Lipinski definition) is 2. The Morgan fingerprint density at radius 3 is 2.00 bits per heavy atom. The molecule has 1 aliphatic rings. The van der Waals surface area contributed by atoms with Crippen LogP contribution >= 0.6 is 11.8 Å². The largest absolute Gasteiger partial charge is 0.287 e. The van der Waals surface area contributed by atoms with Crippen LogP contribution in [-0.4, -0.2) is 11.4 Å². The van der Waals surface area contributed by atoms with Crippen LogP contribution in [0.25, 0.3) is 11.1 Å². The molecule has 1 nitrogen and oxygen atoms in total. The van der Waals surface area contributed by atoms with E-state index in [2.05, 4.69) is 54.6 Å². The number of thioether (sulfide) groups is 1. The third kappa shape index (κ3) is 3.17. The molecule has 1 atom stereocenters. The average Bonchev–Trinajstić information content (AvgIpc) is 2.62. The van der Waals surface area contributed by atoms with Crippen LogP contribution in [0.4, 0.5) is 0 Å². The van der Waals surface area contributed by atoms with Gasteiger partial charge in [0.25, 0.3) is 0 Å². The van der Waals surface area contributed by atoms with Gasteiger partial charge in [0.1, 0.15) is 0 Å². The van der Waals surface area contributed by atoms with E-state index < -0.39 is 0 Å². The molecule has 0 saturated heterocycles. The second-order valence-electron chi connectivity index (χ2n) is 5.65. The predicted octanol–water partition coefficient (Wildman–Crippen LogP) is 5.29. The smallest absolute Gasteiger partial charge is 0.192 e. The molecule has 1 aliphatic carbocycles. The topological polar surface area (TPSA) is 17.1 Å². The molecule has 22 heavy (non-hydrogen) atoms. The van der Waals surface area contributed by atoms with Crippen molar-refractivity contribution in [1.82, 2.24) is 0 Å². The lowest BCUT2D eigenvalue weighted by molar-refractivity contribution is -0.114. The molecule has 0 saturated carbocycles. The SMILES string of the molecule is CSC(=O)C1CCC(c2ccccc2)=C(c2ccccc2)C1. The first-order chi connectivity index (χ1) is 10.8. The monoisotopic (exact) mass is 308 g/mol. The molecule has 0 N–H and O–H groups in total. The molecular weight excluding hydrogens is 288 g/mol. The number of allylic oxidation sites excluding steroid dienone is 2. The van der Waals surface area contributed by atoms with Crippen LogP contribution in [0.5, 0.6) is 0 Å². The van der Waals surface area contributed by atoms with Crippen molar-refractivity contribution in [3.8, 4) is 0 Å². The number of carbonyl (C=O) groups excluding carboxylic acids is 1. The van der Waals surface area contributed by atoms with E-state index >= 15 is 0 Å². The summed E-state index contributed by atoms with van der Waals surface area (Å²) >= 11 is 1.36. The van der Waals surface area contributed by atoms with Gasteiger partial charge in [-0.2, -0.15) is 0 Å². The van der Waals surface area contributed by atoms with Crippen LogP contribution in [0.2, 0.25) is 0 Å². The Balaban J connectivity index is 2.05. The Labute approximate surface area is 136 Å². The van der Waals surface area contributed by atoms with Gasteiger partial charge in [0.15, 0.2) is 5.12 Å². The summed E-state index contributed by atoms with van der Waals surface area (Å²) in [6.45, 7) is 0. The minimum atomic E-state index is 0.151. The van der Waals surface area contributed by atoms with Gasteiger partial charge in [-0.1, -0.05) is 72.4 Å². The number of benzene rings is 2. The van der Waals surface area contributed by atoms with Crippen molar-refractivity contribution in [1.29, 1.82) is 0 Å². The maximum Gasteiger partial charge on any atom is 0.192 e. The zero-order chi connectivity index (χ0) is 15.4. The second kappa shape index (κ2) is 6.97. The lowest BCUT2D eigenvalue weighted by atomic mass is 9.79. The van der Waals surface area contributed by atoms with Gasteiger partial charge >= 0.3 is 0 Å². The van der Waals surface area contributed by atoms with E-state index in [1.165, 1.54) is 34.0 Å². The molecule has 2 aromatic carbocycles. The third-order valence-corrected chi connectivity index (χ3v) is 5.07. The van der Waals surface area contributed by atoms with Crippen LogP contribution in [0.15, 0.2) is 60.7 Å². The molecule has 0 aromatic heterocycles. The van der Waals surface area contributed by atoms with Crippen LogP contribution in [0.3, 0.4) is 0 Å². The summed E-state index contributed by atoms with van der Waals surface area (Å²) in [4.78, 5) is 12.1. The van der Waals surface area contributed by atoms with Crippen LogP contribution < -0.4 is 0 Å². The van der Waals surface area contributed by atoms with Gasteiger partial charge < -0.3 is 0 Å². The first-order valence-corrected chi connectivity index (χ1v) is 8.92. The number of hydrogen-bond donors (Lipinski definition) is 0. The van der Waals surface area contributed by atoms with Gasteiger partial charge in [-0.05, 0) is 47.8 Å². The van der Waals surface area contributed by atoms with Gasteiger partial charge in [-0.25, -0.2) is 0 Å². The zero-order valence-electron chi connectivity index (χ0n) is 12.8. The standard InChI is InChI=1S/C20H20OS/c1-22-20(21)17-12-13-18(15-8-4-2-5-9-15)19(14-17)16-10-6-3-7-11-16/h2-11,17H,12-14H2,1H3. The first kappa shape index (κ1) is 15.1. The van der Waals surface area contributed by atoms with E-state index in [4.69, 9.17) is 0 Å². The van der Waals surface area contributed by atoms with E-state index in [1.807, 2.05) is 12.3 Å². The number of rotatable bonds is 3. The fourth-order valence-corrected chi connectivity index (χ4v) is 3.73. The Morgan fingerprint density at radius 1 is 0.909 bits per heavy atom. The summed E-state index contributed by atoms with van der Waals surface area (Å²) in [6, 6.07) is 21.1. The van der Waals surface area contributed by atoms with Crippen molar-refractivity contribution in [2.24, 2.45) is 5.92 Å². The maximum absolute atomic E-state index is 12.1. The van der Waals surface area contributed by atoms with Crippen molar-refractivity contribution in [2.75, 3.05) is 6.26 Å². The fraction of sp³-hybridized carbons (Fsp3) is 0.250. The summed E-state index contributed by atoms with van der Waals surface area (Å²) in [6.07, 6.45) is 4.68. The molecule has 0 aliphatic heterocycles. The van der Waals surface area contributed by atoms with Gasteiger partial charge in [-0.15, -0.1) is 0 Å². The maximum atomic E-state index is 12.1. The lowest BCUT2D eigenvalue weighted by Gasteiger charge is -2.27. The molecule has 0 radical (unpaired) electrons. The summed E-state index contributed by atoms with van der Waals surface area (Å²) in [5.74, 6) is 0.151. The minimum absolute atomic E-state index is 0.151. The first-order valence-electron chi connectivity index (χ1n) is 7.70. The van der Waals surface area contributed by atoms with Crippen LogP contribution in [-0.2, 0) is 4.79 Å². The summed E-state index contributed by atoms with van der Waals surface area (Å²) in [5, 5.41) is 0.320. The zero-order valence-corrected chi connectivity index (χ0v) is 13.6. The molecule has 0 spiro atoms. The highest BCUT2D eigenvalue weighted by atomic mass is 32.2. The Morgan fingerprint density at radius 2 is 1.45 bits per heavy atom. The third-order valence-electron chi connectivity index (χ3n) is 4.34. The van der Waals surface area contributed by atoms with E-state index in [0.29, 0.717) is 5.12 Å². The molecule has 112 valence electrons. The molecule has 0 heterocycles. The van der Waals surface area contributed by atoms with Crippen LogP contribution in [0.1, 0.15) is 30.4 Å². The fourth-order valence-electron chi connectivity index (χ4n) is 3.20. The van der Waals surface area contributed by atoms with Crippen molar-refractivity contribution >= 4 is 28.0 Å². The predicted molar refractivity (Wildman–Crippen MR) is 95.6 cm³/mol. The highest BCUT2D eigenvalue weighted by Gasteiger charge is 2.27. The Kier molecular flexibility index (Phi) is 4.79. The van der Waals surface area contributed by atoms with Crippen molar-refractivity contribution in [2.45, 2.75) is 19.3 Å². The van der Waals surface area contributed by atoms with E-state index in [-0.39, 0.29) is 5.92 Å². The summed E-state index contributed by atoms with van der Waals surface area (Å²) < 4.78 is 0. The normalized spacial score (nSPS) is 18.3. The molecule has 1 unspecified atom stereocenters. The summed E-state index contributed by atoms with van der Waals surface area (Å²) in [7, 11) is 0. The highest BCUT2D eigenvalue weighted by molar-refractivity contribution is 8.13. The van der Waals surface area contributed by atoms with Crippen molar-refractivity contribution in [3.63, 3.8) is 0 Å². The van der Waals surface area contributed by atoms with E-state index in [1.54, 1.807) is 0 Å². The molecule has 0 bridgehead atoms. The molecule has 2 aromatic rings. The molecule has 0 fully saturated rings. The second-order valence-corrected chi connectivity index (χ2v) is 6.46. The molecular formula is C20H20OS. The Hall–Kier alpha value is -1.80. The van der Waals surface area contributed by atoms with E-state index in [9.17, 15) is 4.79 Å². The van der Waals surface area contributed by atoms with Gasteiger partial charge in [-0.3, -0.25) is 4.79 Å². The lowest BCUT2D eigenvalue weighted by Crippen LogP contribution is -2.16. The minimum Gasteiger partial charge on any atom is -0.287 e. The average molecular weight is 308 g/mol. The van der Waals surface area contributed by atoms with Gasteiger partial charge in [0.2, 0.25) is 0 Å².